The molecule has 0 bridgehead atoms. The Kier molecular flexibility index (Phi) is 7.60. The van der Waals surface area contributed by atoms with E-state index < -0.39 is 47.8 Å². The lowest BCUT2D eigenvalue weighted by Crippen LogP contribution is -2.44. The maximum absolute atomic E-state index is 13.8. The highest BCUT2D eigenvalue weighted by molar-refractivity contribution is 6.33. The summed E-state index contributed by atoms with van der Waals surface area (Å²) in [6.07, 6.45) is 1.77. The smallest absolute Gasteiger partial charge is 0.329 e. The molecule has 0 radical (unpaired) electrons. The van der Waals surface area contributed by atoms with Crippen molar-refractivity contribution < 1.29 is 27.9 Å². The van der Waals surface area contributed by atoms with Gasteiger partial charge in [-0.2, -0.15) is 0 Å². The van der Waals surface area contributed by atoms with E-state index >= 15 is 0 Å². The fourth-order valence-corrected chi connectivity index (χ4v) is 3.83. The second-order valence-corrected chi connectivity index (χ2v) is 8.26. The number of hydrogen-bond acceptors (Lipinski definition) is 4. The molecule has 184 valence electrons. The molecule has 4 aromatic rings. The molecule has 1 heterocycles. The molecule has 0 aliphatic rings. The third-order valence-corrected chi connectivity index (χ3v) is 5.68. The van der Waals surface area contributed by atoms with Gasteiger partial charge in [0.25, 0.3) is 11.8 Å². The van der Waals surface area contributed by atoms with Crippen LogP contribution in [0.2, 0.25) is 5.02 Å². The van der Waals surface area contributed by atoms with E-state index in [9.17, 15) is 23.2 Å². The highest BCUT2D eigenvalue weighted by Crippen LogP contribution is 2.21. The van der Waals surface area contributed by atoms with E-state index in [0.717, 1.165) is 34.7 Å². The summed E-state index contributed by atoms with van der Waals surface area (Å²) in [7, 11) is 0. The lowest BCUT2D eigenvalue weighted by Gasteiger charge is -2.18. The predicted octanol–water partition coefficient (Wildman–Crippen LogP) is 4.62. The number of esters is 1. The van der Waals surface area contributed by atoms with Gasteiger partial charge in [-0.25, -0.2) is 13.6 Å². The van der Waals surface area contributed by atoms with Crippen LogP contribution < -0.4 is 10.6 Å². The summed E-state index contributed by atoms with van der Waals surface area (Å²) in [5.74, 6) is -3.97. The minimum atomic E-state index is -1.17. The third kappa shape index (κ3) is 5.87. The lowest BCUT2D eigenvalue weighted by atomic mass is 10.0. The van der Waals surface area contributed by atoms with E-state index in [4.69, 9.17) is 16.3 Å². The number of fused-ring (bicyclic) bond motifs is 1. The van der Waals surface area contributed by atoms with Crippen LogP contribution in [-0.2, 0) is 20.7 Å². The molecule has 0 aliphatic carbocycles. The Morgan fingerprint density at radius 1 is 1.00 bits per heavy atom. The number of para-hydroxylation sites is 1. The first-order valence-electron chi connectivity index (χ1n) is 10.8. The maximum atomic E-state index is 13.8. The fourth-order valence-electron chi connectivity index (χ4n) is 3.61. The zero-order valence-corrected chi connectivity index (χ0v) is 19.4. The molecule has 36 heavy (non-hydrogen) atoms. The van der Waals surface area contributed by atoms with Crippen molar-refractivity contribution in [2.75, 3.05) is 11.9 Å². The second-order valence-electron chi connectivity index (χ2n) is 7.85. The van der Waals surface area contributed by atoms with Crippen molar-refractivity contribution in [2.45, 2.75) is 12.5 Å². The highest BCUT2D eigenvalue weighted by atomic mass is 35.5. The van der Waals surface area contributed by atoms with E-state index in [-0.39, 0.29) is 17.0 Å². The largest absolute Gasteiger partial charge is 0.454 e. The van der Waals surface area contributed by atoms with Crippen molar-refractivity contribution in [2.24, 2.45) is 0 Å². The monoisotopic (exact) mass is 511 g/mol. The van der Waals surface area contributed by atoms with Crippen molar-refractivity contribution in [1.29, 1.82) is 0 Å². The molecule has 0 aliphatic heterocycles. The summed E-state index contributed by atoms with van der Waals surface area (Å²) in [4.78, 5) is 41.1. The number of anilines is 1. The molecule has 3 aromatic carbocycles. The van der Waals surface area contributed by atoms with Crippen LogP contribution in [0.25, 0.3) is 10.9 Å². The van der Waals surface area contributed by atoms with Crippen LogP contribution in [0.1, 0.15) is 15.9 Å². The molecule has 10 heteroatoms. The van der Waals surface area contributed by atoms with Gasteiger partial charge in [0.15, 0.2) is 6.61 Å². The van der Waals surface area contributed by atoms with Crippen LogP contribution in [-0.4, -0.2) is 35.4 Å². The Morgan fingerprint density at radius 3 is 2.56 bits per heavy atom. The van der Waals surface area contributed by atoms with Gasteiger partial charge in [0, 0.05) is 29.6 Å². The number of amides is 2. The Morgan fingerprint density at radius 2 is 1.75 bits per heavy atom. The number of halogens is 3. The number of benzene rings is 3. The van der Waals surface area contributed by atoms with Crippen LogP contribution in [0.5, 0.6) is 0 Å². The van der Waals surface area contributed by atoms with Gasteiger partial charge in [-0.3, -0.25) is 9.59 Å². The van der Waals surface area contributed by atoms with Gasteiger partial charge in [-0.05, 0) is 35.9 Å². The normalized spacial score (nSPS) is 11.6. The Labute approximate surface area is 209 Å². The van der Waals surface area contributed by atoms with E-state index in [1.165, 1.54) is 6.07 Å². The molecule has 1 aromatic heterocycles. The molecule has 0 spiro atoms. The molecule has 1 unspecified atom stereocenters. The number of H-pyrrole nitrogens is 1. The summed E-state index contributed by atoms with van der Waals surface area (Å²) >= 11 is 6.11. The second kappa shape index (κ2) is 11.0. The molecule has 2 amide bonds. The van der Waals surface area contributed by atoms with E-state index in [2.05, 4.69) is 15.6 Å². The molecule has 0 saturated heterocycles. The van der Waals surface area contributed by atoms with Gasteiger partial charge >= 0.3 is 5.97 Å². The van der Waals surface area contributed by atoms with Crippen LogP contribution in [0.4, 0.5) is 14.5 Å². The van der Waals surface area contributed by atoms with Crippen molar-refractivity contribution in [3.63, 3.8) is 0 Å². The van der Waals surface area contributed by atoms with Crippen molar-refractivity contribution >= 4 is 46.0 Å². The van der Waals surface area contributed by atoms with Crippen molar-refractivity contribution in [3.8, 4) is 0 Å². The molecular formula is C26H20ClF2N3O4. The topological polar surface area (TPSA) is 100 Å². The zero-order chi connectivity index (χ0) is 25.7. The Balaban J connectivity index is 1.49. The van der Waals surface area contributed by atoms with Crippen LogP contribution in [0.3, 0.4) is 0 Å². The highest BCUT2D eigenvalue weighted by Gasteiger charge is 2.26. The first kappa shape index (κ1) is 24.9. The van der Waals surface area contributed by atoms with Crippen LogP contribution >= 0.6 is 11.6 Å². The lowest BCUT2D eigenvalue weighted by molar-refractivity contribution is -0.149. The summed E-state index contributed by atoms with van der Waals surface area (Å²) < 4.78 is 32.2. The predicted molar refractivity (Wildman–Crippen MR) is 131 cm³/mol. The molecule has 7 nitrogen and oxygen atoms in total. The Bertz CT molecular complexity index is 1440. The number of nitrogens with one attached hydrogen (secondary N) is 3. The van der Waals surface area contributed by atoms with Crippen LogP contribution in [0, 0.1) is 11.6 Å². The summed E-state index contributed by atoms with van der Waals surface area (Å²) in [5.41, 5.74) is 1.35. The van der Waals surface area contributed by atoms with Gasteiger partial charge in [0.2, 0.25) is 0 Å². The molecule has 0 saturated carbocycles. The quantitative estimate of drug-likeness (QED) is 0.300. The number of ether oxygens (including phenoxy) is 1. The third-order valence-electron chi connectivity index (χ3n) is 5.36. The SMILES string of the molecule is O=C(COC(=O)C(Cc1c[nH]c2ccccc12)NC(=O)c1ccccc1Cl)Nc1cc(F)ccc1F. The molecular weight excluding hydrogens is 492 g/mol. The first-order chi connectivity index (χ1) is 17.3. The number of carbonyl (C=O) groups excluding carboxylic acids is 3. The number of carbonyl (C=O) groups is 3. The minimum absolute atomic E-state index is 0.0547. The van der Waals surface area contributed by atoms with Gasteiger partial charge in [0.05, 0.1) is 16.3 Å². The fraction of sp³-hybridized carbons (Fsp3) is 0.115. The Hall–Kier alpha value is -4.24. The average molecular weight is 512 g/mol. The zero-order valence-electron chi connectivity index (χ0n) is 18.7. The van der Waals surface area contributed by atoms with E-state index in [1.54, 1.807) is 24.4 Å². The van der Waals surface area contributed by atoms with Crippen molar-refractivity contribution in [3.05, 3.63) is 101 Å². The summed E-state index contributed by atoms with van der Waals surface area (Å²) in [5, 5.41) is 5.81. The van der Waals surface area contributed by atoms with Gasteiger partial charge in [-0.15, -0.1) is 0 Å². The summed E-state index contributed by atoms with van der Waals surface area (Å²) in [6.45, 7) is -0.777. The van der Waals surface area contributed by atoms with Gasteiger partial charge in [0.1, 0.15) is 17.7 Å². The van der Waals surface area contributed by atoms with E-state index in [0.29, 0.717) is 0 Å². The number of aromatic amines is 1. The first-order valence-corrected chi connectivity index (χ1v) is 11.2. The minimum Gasteiger partial charge on any atom is -0.454 e. The number of aromatic nitrogens is 1. The maximum Gasteiger partial charge on any atom is 0.329 e. The van der Waals surface area contributed by atoms with Gasteiger partial charge < -0.3 is 20.4 Å². The number of hydrogen-bond donors (Lipinski definition) is 3. The molecule has 3 N–H and O–H groups in total. The average Bonchev–Trinajstić information content (AvgIpc) is 3.27. The molecule has 0 fully saturated rings. The van der Waals surface area contributed by atoms with Crippen LogP contribution in [0.15, 0.2) is 72.9 Å². The summed E-state index contributed by atoms with van der Waals surface area (Å²) in [6, 6.07) is 15.2. The molecule has 4 rings (SSSR count). The molecule has 1 atom stereocenters. The number of rotatable bonds is 8. The van der Waals surface area contributed by atoms with Crippen molar-refractivity contribution in [1.82, 2.24) is 10.3 Å². The standard InChI is InChI=1S/C26H20ClF2N3O4/c27-19-7-3-1-6-18(19)25(34)32-23(11-15-13-30-21-8-4-2-5-17(15)21)26(35)36-14-24(33)31-22-12-16(28)9-10-20(22)29/h1-10,12-13,23,30H,11,14H2,(H,31,33)(H,32,34). The van der Waals surface area contributed by atoms with Gasteiger partial charge in [-0.1, -0.05) is 41.9 Å². The van der Waals surface area contributed by atoms with E-state index in [1.807, 2.05) is 24.3 Å².